The number of nitrogens with one attached hydrogen (secondary N) is 1. The molecule has 3 aliphatic rings. The zero-order chi connectivity index (χ0) is 20.5. The molecule has 3 fully saturated rings. The van der Waals surface area contributed by atoms with E-state index in [4.69, 9.17) is 9.47 Å². The number of hydrogen-bond acceptors (Lipinski definition) is 4. The Balaban J connectivity index is 0.00000320. The minimum Gasteiger partial charge on any atom is -0.378 e. The highest BCUT2D eigenvalue weighted by atomic mass is 127. The van der Waals surface area contributed by atoms with Gasteiger partial charge in [0.1, 0.15) is 6.54 Å². The summed E-state index contributed by atoms with van der Waals surface area (Å²) in [4.78, 5) is 20.5. The number of carbonyl (C=O) groups excluding carboxylic acids is 1. The van der Waals surface area contributed by atoms with Crippen LogP contribution in [0.15, 0.2) is 4.99 Å². The Labute approximate surface area is 199 Å². The largest absolute Gasteiger partial charge is 0.378 e. The number of halogens is 1. The number of piperidine rings is 1. The van der Waals surface area contributed by atoms with Crippen LogP contribution >= 0.6 is 24.0 Å². The van der Waals surface area contributed by atoms with E-state index in [0.29, 0.717) is 6.10 Å². The van der Waals surface area contributed by atoms with Crippen molar-refractivity contribution in [1.29, 1.82) is 0 Å². The van der Waals surface area contributed by atoms with Crippen LogP contribution in [-0.4, -0.2) is 87.4 Å². The highest BCUT2D eigenvalue weighted by Gasteiger charge is 2.25. The molecule has 8 heteroatoms. The fourth-order valence-corrected chi connectivity index (χ4v) is 4.41. The van der Waals surface area contributed by atoms with Crippen molar-refractivity contribution < 1.29 is 14.3 Å². The van der Waals surface area contributed by atoms with Crippen molar-refractivity contribution in [2.24, 2.45) is 10.9 Å². The summed E-state index contributed by atoms with van der Waals surface area (Å²) in [6, 6.07) is 0. The molecule has 0 aromatic rings. The summed E-state index contributed by atoms with van der Waals surface area (Å²) in [5.74, 6) is 1.64. The molecule has 30 heavy (non-hydrogen) atoms. The average molecular weight is 536 g/mol. The first-order valence-electron chi connectivity index (χ1n) is 11.6. The third-order valence-corrected chi connectivity index (χ3v) is 6.41. The molecule has 1 saturated carbocycles. The van der Waals surface area contributed by atoms with E-state index < -0.39 is 0 Å². The second-order valence-electron chi connectivity index (χ2n) is 8.97. The maximum atomic E-state index is 12.0. The molecule has 0 radical (unpaired) electrons. The Hall–Kier alpha value is -0.610. The Bertz CT molecular complexity index is 526. The molecule has 0 spiro atoms. The van der Waals surface area contributed by atoms with Crippen LogP contribution in [0.4, 0.5) is 0 Å². The second-order valence-corrected chi connectivity index (χ2v) is 8.97. The number of carbonyl (C=O) groups is 1. The molecule has 1 N–H and O–H groups in total. The molecule has 7 nitrogen and oxygen atoms in total. The van der Waals surface area contributed by atoms with Crippen LogP contribution in [0, 0.1) is 5.92 Å². The maximum absolute atomic E-state index is 12.0. The predicted molar refractivity (Wildman–Crippen MR) is 131 cm³/mol. The lowest BCUT2D eigenvalue weighted by Crippen LogP contribution is -2.49. The van der Waals surface area contributed by atoms with E-state index >= 15 is 0 Å². The van der Waals surface area contributed by atoms with Crippen LogP contribution in [0.25, 0.3) is 0 Å². The van der Waals surface area contributed by atoms with Gasteiger partial charge in [0.15, 0.2) is 5.96 Å². The van der Waals surface area contributed by atoms with Gasteiger partial charge in [-0.3, -0.25) is 4.79 Å². The van der Waals surface area contributed by atoms with E-state index in [1.165, 1.54) is 32.1 Å². The Kier molecular flexibility index (Phi) is 11.7. The topological polar surface area (TPSA) is 66.4 Å². The lowest BCUT2D eigenvalue weighted by Gasteiger charge is -2.35. The second kappa shape index (κ2) is 13.7. The zero-order valence-corrected chi connectivity index (χ0v) is 21.1. The minimum atomic E-state index is 0. The number of guanidine groups is 1. The van der Waals surface area contributed by atoms with Gasteiger partial charge < -0.3 is 24.6 Å². The molecule has 0 aromatic carbocycles. The van der Waals surface area contributed by atoms with Crippen molar-refractivity contribution in [3.05, 3.63) is 0 Å². The monoisotopic (exact) mass is 536 g/mol. The van der Waals surface area contributed by atoms with Crippen molar-refractivity contribution in [1.82, 2.24) is 15.1 Å². The molecule has 174 valence electrons. The normalized spacial score (nSPS) is 23.9. The molecule has 1 amide bonds. The molecule has 3 rings (SSSR count). The number of nitrogens with zero attached hydrogens (tertiary/aromatic N) is 3. The lowest BCUT2D eigenvalue weighted by atomic mass is 10.1. The van der Waals surface area contributed by atoms with Crippen molar-refractivity contribution in [2.75, 3.05) is 53.5 Å². The van der Waals surface area contributed by atoms with Gasteiger partial charge in [0.05, 0.1) is 12.2 Å². The van der Waals surface area contributed by atoms with Gasteiger partial charge in [-0.15, -0.1) is 24.0 Å². The van der Waals surface area contributed by atoms with E-state index in [1.54, 1.807) is 19.0 Å². The maximum Gasteiger partial charge on any atom is 0.243 e. The highest BCUT2D eigenvalue weighted by molar-refractivity contribution is 14.0. The minimum absolute atomic E-state index is 0. The van der Waals surface area contributed by atoms with E-state index in [1.807, 2.05) is 0 Å². The van der Waals surface area contributed by atoms with E-state index in [2.05, 4.69) is 15.2 Å². The third-order valence-electron chi connectivity index (χ3n) is 6.41. The first-order chi connectivity index (χ1) is 14.1. The summed E-state index contributed by atoms with van der Waals surface area (Å²) in [6.45, 7) is 4.56. The van der Waals surface area contributed by atoms with Gasteiger partial charge in [-0.25, -0.2) is 4.99 Å². The van der Waals surface area contributed by atoms with Crippen LogP contribution in [0.1, 0.15) is 57.8 Å². The molecule has 1 aliphatic carbocycles. The zero-order valence-electron chi connectivity index (χ0n) is 18.8. The summed E-state index contributed by atoms with van der Waals surface area (Å²) in [7, 11) is 3.54. The summed E-state index contributed by atoms with van der Waals surface area (Å²) in [5.41, 5.74) is 0. The number of likely N-dealkylation sites (tertiary alicyclic amines) is 1. The summed E-state index contributed by atoms with van der Waals surface area (Å²) in [5, 5.41) is 3.48. The van der Waals surface area contributed by atoms with Crippen molar-refractivity contribution >= 4 is 35.8 Å². The number of aliphatic imine (C=N–C) groups is 1. The van der Waals surface area contributed by atoms with Crippen LogP contribution in [0.5, 0.6) is 0 Å². The summed E-state index contributed by atoms with van der Waals surface area (Å²) in [6.07, 6.45) is 11.5. The van der Waals surface area contributed by atoms with Gasteiger partial charge in [0, 0.05) is 46.9 Å². The van der Waals surface area contributed by atoms with E-state index in [0.717, 1.165) is 70.4 Å². The highest BCUT2D eigenvalue weighted by Crippen LogP contribution is 2.26. The quantitative estimate of drug-likeness (QED) is 0.308. The molecule has 1 atom stereocenters. The first kappa shape index (κ1) is 25.6. The molecular formula is C22H41IN4O3. The van der Waals surface area contributed by atoms with Crippen LogP contribution in [-0.2, 0) is 14.3 Å². The third kappa shape index (κ3) is 8.49. The first-order valence-corrected chi connectivity index (χ1v) is 11.6. The van der Waals surface area contributed by atoms with Gasteiger partial charge in [0.2, 0.25) is 5.91 Å². The fraction of sp³-hybridized carbons (Fsp3) is 0.909. The lowest BCUT2D eigenvalue weighted by molar-refractivity contribution is -0.127. The molecular weight excluding hydrogens is 495 g/mol. The van der Waals surface area contributed by atoms with Gasteiger partial charge in [-0.1, -0.05) is 12.8 Å². The molecule has 0 aromatic heterocycles. The number of likely N-dealkylation sites (N-methyl/N-ethyl adjacent to an activating group) is 1. The smallest absolute Gasteiger partial charge is 0.243 e. The molecule has 1 unspecified atom stereocenters. The van der Waals surface area contributed by atoms with Crippen LogP contribution in [0.2, 0.25) is 0 Å². The number of rotatable bonds is 7. The van der Waals surface area contributed by atoms with Crippen molar-refractivity contribution in [3.63, 3.8) is 0 Å². The Morgan fingerprint density at radius 2 is 1.80 bits per heavy atom. The molecule has 0 bridgehead atoms. The summed E-state index contributed by atoms with van der Waals surface area (Å²) < 4.78 is 12.1. The van der Waals surface area contributed by atoms with Gasteiger partial charge >= 0.3 is 0 Å². The Morgan fingerprint density at radius 3 is 2.43 bits per heavy atom. The van der Waals surface area contributed by atoms with Crippen molar-refractivity contribution in [3.8, 4) is 0 Å². The Morgan fingerprint density at radius 1 is 1.10 bits per heavy atom. The fourth-order valence-electron chi connectivity index (χ4n) is 4.41. The van der Waals surface area contributed by atoms with E-state index in [9.17, 15) is 4.79 Å². The average Bonchev–Trinajstić information content (AvgIpc) is 3.27. The molecule has 2 heterocycles. The number of ether oxygens (including phenoxy) is 2. The number of hydrogen-bond donors (Lipinski definition) is 1. The van der Waals surface area contributed by atoms with Crippen LogP contribution < -0.4 is 5.32 Å². The molecule has 2 aliphatic heterocycles. The van der Waals surface area contributed by atoms with Gasteiger partial charge in [-0.2, -0.15) is 0 Å². The van der Waals surface area contributed by atoms with Gasteiger partial charge in [-0.05, 0) is 50.9 Å². The summed E-state index contributed by atoms with van der Waals surface area (Å²) >= 11 is 0. The van der Waals surface area contributed by atoms with Crippen molar-refractivity contribution in [2.45, 2.75) is 70.0 Å². The molecule has 2 saturated heterocycles. The van der Waals surface area contributed by atoms with Gasteiger partial charge in [0.25, 0.3) is 0 Å². The number of amides is 1. The van der Waals surface area contributed by atoms with Crippen LogP contribution in [0.3, 0.4) is 0 Å². The predicted octanol–water partition coefficient (Wildman–Crippen LogP) is 2.88. The standard InChI is InChI=1S/C22H40N4O3.HI/c1-25(2)21(27)16-24-22(23-15-20-9-5-6-14-28-20)26-12-10-19(11-13-26)29-17-18-7-3-4-8-18;/h18-20H,3-17H2,1-2H3,(H,23,24);1H. The SMILES string of the molecule is CN(C)C(=O)CN=C(NCC1CCCCO1)N1CCC(OCC2CCCC2)CC1.I. The van der Waals surface area contributed by atoms with E-state index in [-0.39, 0.29) is 42.5 Å².